The lowest BCUT2D eigenvalue weighted by Gasteiger charge is -2.20. The summed E-state index contributed by atoms with van der Waals surface area (Å²) in [7, 11) is 0. The van der Waals surface area contributed by atoms with Gasteiger partial charge in [-0.3, -0.25) is 0 Å². The van der Waals surface area contributed by atoms with Crippen LogP contribution < -0.4 is 5.32 Å². The monoisotopic (exact) mass is 421 g/mol. The van der Waals surface area contributed by atoms with E-state index in [1.807, 2.05) is 0 Å². The normalized spacial score (nSPS) is 20.2. The average Bonchev–Trinajstić information content (AvgIpc) is 3.08. The lowest BCUT2D eigenvalue weighted by atomic mass is 9.89. The van der Waals surface area contributed by atoms with Crippen molar-refractivity contribution in [1.82, 2.24) is 5.32 Å². The van der Waals surface area contributed by atoms with E-state index in [-0.39, 0.29) is 42.5 Å². The minimum absolute atomic E-state index is 0.0575. The molecule has 1 heterocycles. The van der Waals surface area contributed by atoms with Crippen molar-refractivity contribution >= 4 is 0 Å². The molecule has 2 atom stereocenters. The highest BCUT2D eigenvalue weighted by Gasteiger charge is 2.37. The third kappa shape index (κ3) is 5.48. The van der Waals surface area contributed by atoms with Crippen molar-refractivity contribution in [3.63, 3.8) is 0 Å². The molecule has 0 spiro atoms. The molecule has 1 saturated heterocycles. The third-order valence-electron chi connectivity index (χ3n) is 4.86. The van der Waals surface area contributed by atoms with Gasteiger partial charge in [0.2, 0.25) is 0 Å². The van der Waals surface area contributed by atoms with Crippen LogP contribution in [0, 0.1) is 11.7 Å². The van der Waals surface area contributed by atoms with Crippen molar-refractivity contribution in [2.75, 3.05) is 19.7 Å². The minimum atomic E-state index is -4.89. The summed E-state index contributed by atoms with van der Waals surface area (Å²) in [6.07, 6.45) is -9.79. The lowest BCUT2D eigenvalue weighted by molar-refractivity contribution is -0.143. The van der Waals surface area contributed by atoms with E-state index in [2.05, 4.69) is 5.32 Å². The predicted molar refractivity (Wildman–Crippen MR) is 91.6 cm³/mol. The van der Waals surface area contributed by atoms with Crippen LogP contribution in [0.1, 0.15) is 28.2 Å². The van der Waals surface area contributed by atoms with E-state index in [1.165, 1.54) is 12.1 Å². The van der Waals surface area contributed by atoms with Gasteiger partial charge in [-0.05, 0) is 41.5 Å². The second kappa shape index (κ2) is 8.31. The van der Waals surface area contributed by atoms with Crippen LogP contribution in [0.5, 0.6) is 0 Å². The zero-order valence-electron chi connectivity index (χ0n) is 15.1. The molecule has 158 valence electrons. The quantitative estimate of drug-likeness (QED) is 0.655. The fraction of sp³-hybridized carbons (Fsp3) is 0.400. The standard InChI is InChI=1S/C20H18F7NO/c21-17-3-1-2-13(6-17)18-9-28-8-14(18)11-29-10-12-4-15(19(22,23)24)7-16(5-12)20(25,26)27/h1-7,14,18,28H,8-11H2/t14-,18+/m1/s1. The zero-order valence-corrected chi connectivity index (χ0v) is 15.1. The number of alkyl halides is 6. The van der Waals surface area contributed by atoms with Gasteiger partial charge in [0.1, 0.15) is 5.82 Å². The molecule has 0 aromatic heterocycles. The summed E-state index contributed by atoms with van der Waals surface area (Å²) >= 11 is 0. The first-order chi connectivity index (χ1) is 13.5. The van der Waals surface area contributed by atoms with Crippen LogP contribution in [0.4, 0.5) is 30.7 Å². The number of nitrogens with one attached hydrogen (secondary N) is 1. The summed E-state index contributed by atoms with van der Waals surface area (Å²) in [5, 5.41) is 3.15. The van der Waals surface area contributed by atoms with Crippen molar-refractivity contribution in [1.29, 1.82) is 0 Å². The smallest absolute Gasteiger partial charge is 0.376 e. The summed E-state index contributed by atoms with van der Waals surface area (Å²) in [5.41, 5.74) is -2.18. The molecule has 1 aliphatic rings. The Morgan fingerprint density at radius 2 is 1.55 bits per heavy atom. The zero-order chi connectivity index (χ0) is 21.2. The van der Waals surface area contributed by atoms with E-state index in [9.17, 15) is 30.7 Å². The summed E-state index contributed by atoms with van der Waals surface area (Å²) in [6.45, 7) is 0.863. The molecular formula is C20H18F7NO. The summed E-state index contributed by atoms with van der Waals surface area (Å²) < 4.78 is 96.5. The molecule has 2 aromatic rings. The predicted octanol–water partition coefficient (Wildman–Crippen LogP) is 5.38. The molecule has 1 aliphatic heterocycles. The van der Waals surface area contributed by atoms with Crippen LogP contribution in [0.2, 0.25) is 0 Å². The first kappa shape index (κ1) is 21.6. The Bertz CT molecular complexity index is 815. The Morgan fingerprint density at radius 1 is 0.897 bits per heavy atom. The molecule has 9 heteroatoms. The van der Waals surface area contributed by atoms with E-state index >= 15 is 0 Å². The number of hydrogen-bond acceptors (Lipinski definition) is 2. The van der Waals surface area contributed by atoms with E-state index < -0.39 is 23.5 Å². The molecule has 2 nitrogen and oxygen atoms in total. The largest absolute Gasteiger partial charge is 0.416 e. The van der Waals surface area contributed by atoms with Gasteiger partial charge in [0.15, 0.2) is 0 Å². The maximum Gasteiger partial charge on any atom is 0.416 e. The second-order valence-electron chi connectivity index (χ2n) is 7.01. The van der Waals surface area contributed by atoms with Gasteiger partial charge in [-0.25, -0.2) is 4.39 Å². The Kier molecular flexibility index (Phi) is 6.19. The van der Waals surface area contributed by atoms with E-state index in [4.69, 9.17) is 4.74 Å². The Balaban J connectivity index is 1.69. The molecule has 3 rings (SSSR count). The first-order valence-corrected chi connectivity index (χ1v) is 8.86. The Morgan fingerprint density at radius 3 is 2.14 bits per heavy atom. The highest BCUT2D eigenvalue weighted by molar-refractivity contribution is 5.33. The Hall–Kier alpha value is -2.13. The minimum Gasteiger partial charge on any atom is -0.376 e. The molecule has 29 heavy (non-hydrogen) atoms. The van der Waals surface area contributed by atoms with Crippen LogP contribution in [-0.4, -0.2) is 19.7 Å². The van der Waals surface area contributed by atoms with Gasteiger partial charge in [-0.15, -0.1) is 0 Å². The van der Waals surface area contributed by atoms with Gasteiger partial charge >= 0.3 is 12.4 Å². The number of rotatable bonds is 5. The second-order valence-corrected chi connectivity index (χ2v) is 7.01. The molecule has 0 saturated carbocycles. The maximum absolute atomic E-state index is 13.5. The van der Waals surface area contributed by atoms with E-state index in [0.717, 1.165) is 5.56 Å². The van der Waals surface area contributed by atoms with Gasteiger partial charge in [-0.1, -0.05) is 12.1 Å². The molecule has 0 amide bonds. The highest BCUT2D eigenvalue weighted by Crippen LogP contribution is 2.36. The summed E-state index contributed by atoms with van der Waals surface area (Å²) in [4.78, 5) is 0. The van der Waals surface area contributed by atoms with Crippen LogP contribution in [0.15, 0.2) is 42.5 Å². The van der Waals surface area contributed by atoms with E-state index in [1.54, 1.807) is 12.1 Å². The van der Waals surface area contributed by atoms with Crippen LogP contribution >= 0.6 is 0 Å². The van der Waals surface area contributed by atoms with E-state index in [0.29, 0.717) is 25.2 Å². The van der Waals surface area contributed by atoms with Gasteiger partial charge in [0, 0.05) is 24.9 Å². The number of halogens is 7. The van der Waals surface area contributed by atoms with Crippen molar-refractivity contribution in [3.8, 4) is 0 Å². The van der Waals surface area contributed by atoms with Gasteiger partial charge < -0.3 is 10.1 Å². The highest BCUT2D eigenvalue weighted by atomic mass is 19.4. The van der Waals surface area contributed by atoms with Crippen molar-refractivity contribution < 1.29 is 35.5 Å². The molecule has 0 bridgehead atoms. The molecule has 0 aliphatic carbocycles. The lowest BCUT2D eigenvalue weighted by Crippen LogP contribution is -2.18. The number of benzene rings is 2. The molecule has 1 fully saturated rings. The molecule has 2 aromatic carbocycles. The Labute approximate surface area is 162 Å². The van der Waals surface area contributed by atoms with Crippen LogP contribution in [-0.2, 0) is 23.7 Å². The van der Waals surface area contributed by atoms with Crippen molar-refractivity contribution in [3.05, 3.63) is 70.5 Å². The van der Waals surface area contributed by atoms with Gasteiger partial charge in [0.05, 0.1) is 24.3 Å². The number of ether oxygens (including phenoxy) is 1. The average molecular weight is 421 g/mol. The third-order valence-corrected chi connectivity index (χ3v) is 4.86. The molecule has 0 radical (unpaired) electrons. The first-order valence-electron chi connectivity index (χ1n) is 8.86. The van der Waals surface area contributed by atoms with Crippen molar-refractivity contribution in [2.45, 2.75) is 24.9 Å². The van der Waals surface area contributed by atoms with Gasteiger partial charge in [0.25, 0.3) is 0 Å². The van der Waals surface area contributed by atoms with Crippen molar-refractivity contribution in [2.24, 2.45) is 5.92 Å². The fourth-order valence-corrected chi connectivity index (χ4v) is 3.47. The molecule has 1 N–H and O–H groups in total. The topological polar surface area (TPSA) is 21.3 Å². The summed E-state index contributed by atoms with van der Waals surface area (Å²) in [5.74, 6) is -0.514. The SMILES string of the molecule is Fc1cccc([C@@H]2CNC[C@@H]2COCc2cc(C(F)(F)F)cc(C(F)(F)F)c2)c1. The molecular weight excluding hydrogens is 403 g/mol. The van der Waals surface area contributed by atoms with Crippen LogP contribution in [0.25, 0.3) is 0 Å². The number of hydrogen-bond donors (Lipinski definition) is 1. The van der Waals surface area contributed by atoms with Crippen LogP contribution in [0.3, 0.4) is 0 Å². The summed E-state index contributed by atoms with van der Waals surface area (Å²) in [6, 6.07) is 7.50. The molecule has 0 unspecified atom stereocenters. The fourth-order valence-electron chi connectivity index (χ4n) is 3.47. The maximum atomic E-state index is 13.5. The van der Waals surface area contributed by atoms with Gasteiger partial charge in [-0.2, -0.15) is 26.3 Å².